The number of nitrogens with zero attached hydrogens (tertiary/aromatic N) is 2. The lowest BCUT2D eigenvalue weighted by Crippen LogP contribution is -2.18. The number of fused-ring (bicyclic) bond motifs is 8. The fraction of sp³-hybridized carbons (Fsp3) is 0. The van der Waals surface area contributed by atoms with Crippen molar-refractivity contribution in [3.05, 3.63) is 152 Å². The third kappa shape index (κ3) is 3.30. The quantitative estimate of drug-likeness (QED) is 0.203. The topological polar surface area (TPSA) is 21.3 Å². The molecule has 2 aromatic heterocycles. The Morgan fingerprint density at radius 3 is 2.19 bits per heavy atom. The lowest BCUT2D eigenvalue weighted by Gasteiger charge is -2.33. The van der Waals surface area contributed by atoms with Gasteiger partial charge in [0.1, 0.15) is 5.58 Å². The lowest BCUT2D eigenvalue weighted by molar-refractivity contribution is 0.669. The minimum absolute atomic E-state index is 0.880. The minimum Gasteiger partial charge on any atom is -0.454 e. The van der Waals surface area contributed by atoms with Crippen LogP contribution in [0.15, 0.2) is 151 Å². The fourth-order valence-electron chi connectivity index (χ4n) is 6.82. The number of hydrogen-bond acceptors (Lipinski definition) is 2. The van der Waals surface area contributed by atoms with Crippen molar-refractivity contribution < 1.29 is 4.42 Å². The minimum atomic E-state index is 0.880. The van der Waals surface area contributed by atoms with Crippen LogP contribution in [0.25, 0.3) is 66.1 Å². The molecule has 8 aromatic rings. The van der Waals surface area contributed by atoms with Gasteiger partial charge in [-0.15, -0.1) is 0 Å². The van der Waals surface area contributed by atoms with Gasteiger partial charge in [0.25, 0.3) is 0 Å². The SMILES string of the molecule is C=CC(=C)c1cccc(-c2cc3c4c(c2)c2ccccc2n4-c2ccccc2N3c2cccc3c2oc2ccccc23)c1. The molecule has 43 heavy (non-hydrogen) atoms. The Morgan fingerprint density at radius 1 is 0.581 bits per heavy atom. The summed E-state index contributed by atoms with van der Waals surface area (Å²) >= 11 is 0. The molecule has 3 heteroatoms. The van der Waals surface area contributed by atoms with E-state index in [4.69, 9.17) is 4.42 Å². The van der Waals surface area contributed by atoms with E-state index >= 15 is 0 Å². The molecule has 0 unspecified atom stereocenters. The lowest BCUT2D eigenvalue weighted by atomic mass is 9.96. The highest BCUT2D eigenvalue weighted by Crippen LogP contribution is 2.52. The second-order valence-electron chi connectivity index (χ2n) is 11.1. The highest BCUT2D eigenvalue weighted by Gasteiger charge is 2.30. The maximum absolute atomic E-state index is 6.60. The molecule has 0 fully saturated rings. The van der Waals surface area contributed by atoms with Gasteiger partial charge in [0.05, 0.1) is 33.8 Å². The van der Waals surface area contributed by atoms with Crippen molar-refractivity contribution in [1.82, 2.24) is 4.57 Å². The van der Waals surface area contributed by atoms with Crippen LogP contribution < -0.4 is 4.90 Å². The Morgan fingerprint density at radius 2 is 1.30 bits per heavy atom. The maximum Gasteiger partial charge on any atom is 0.159 e. The Balaban J connectivity index is 1.42. The van der Waals surface area contributed by atoms with Crippen molar-refractivity contribution >= 4 is 66.4 Å². The molecule has 0 amide bonds. The van der Waals surface area contributed by atoms with E-state index in [2.05, 4.69) is 138 Å². The van der Waals surface area contributed by atoms with Crippen LogP contribution in [0.4, 0.5) is 17.1 Å². The summed E-state index contributed by atoms with van der Waals surface area (Å²) in [5, 5.41) is 4.68. The van der Waals surface area contributed by atoms with Gasteiger partial charge >= 0.3 is 0 Å². The van der Waals surface area contributed by atoms with E-state index in [-0.39, 0.29) is 0 Å². The number of furan rings is 1. The van der Waals surface area contributed by atoms with Gasteiger partial charge in [-0.25, -0.2) is 0 Å². The summed E-state index contributed by atoms with van der Waals surface area (Å²) in [7, 11) is 0. The van der Waals surface area contributed by atoms with Crippen LogP contribution in [-0.2, 0) is 0 Å². The number of hydrogen-bond donors (Lipinski definition) is 0. The highest BCUT2D eigenvalue weighted by molar-refractivity contribution is 6.19. The fourth-order valence-corrected chi connectivity index (χ4v) is 6.82. The van der Waals surface area contributed by atoms with Crippen molar-refractivity contribution in [3.63, 3.8) is 0 Å². The zero-order valence-corrected chi connectivity index (χ0v) is 23.4. The van der Waals surface area contributed by atoms with E-state index in [1.807, 2.05) is 18.2 Å². The van der Waals surface area contributed by atoms with Gasteiger partial charge in [0.2, 0.25) is 0 Å². The van der Waals surface area contributed by atoms with Gasteiger partial charge in [-0.3, -0.25) is 0 Å². The number of para-hydroxylation sites is 5. The molecule has 9 rings (SSSR count). The summed E-state index contributed by atoms with van der Waals surface area (Å²) in [6.07, 6.45) is 1.81. The van der Waals surface area contributed by atoms with Gasteiger partial charge in [0.15, 0.2) is 5.58 Å². The van der Waals surface area contributed by atoms with Crippen molar-refractivity contribution in [1.29, 1.82) is 0 Å². The summed E-state index contributed by atoms with van der Waals surface area (Å²) in [6, 6.07) is 45.3. The van der Waals surface area contributed by atoms with Crippen molar-refractivity contribution in [2.45, 2.75) is 0 Å². The van der Waals surface area contributed by atoms with Crippen molar-refractivity contribution in [2.75, 3.05) is 4.90 Å². The first kappa shape index (κ1) is 23.9. The summed E-state index contributed by atoms with van der Waals surface area (Å²) in [6.45, 7) is 8.14. The van der Waals surface area contributed by atoms with E-state index in [9.17, 15) is 0 Å². The molecule has 3 heterocycles. The number of aromatic nitrogens is 1. The molecule has 0 atom stereocenters. The van der Waals surface area contributed by atoms with Gasteiger partial charge < -0.3 is 13.9 Å². The van der Waals surface area contributed by atoms with Crippen LogP contribution in [0.1, 0.15) is 5.56 Å². The largest absolute Gasteiger partial charge is 0.454 e. The maximum atomic E-state index is 6.60. The molecule has 202 valence electrons. The smallest absolute Gasteiger partial charge is 0.159 e. The summed E-state index contributed by atoms with van der Waals surface area (Å²) in [5.41, 5.74) is 12.8. The molecule has 6 aromatic carbocycles. The van der Waals surface area contributed by atoms with Crippen LogP contribution >= 0.6 is 0 Å². The normalized spacial score (nSPS) is 12.3. The molecular formula is C40H26N2O. The van der Waals surface area contributed by atoms with Gasteiger partial charge in [-0.1, -0.05) is 98.1 Å². The third-order valence-corrected chi connectivity index (χ3v) is 8.79. The van der Waals surface area contributed by atoms with E-state index in [1.54, 1.807) is 0 Å². The third-order valence-electron chi connectivity index (χ3n) is 8.79. The van der Waals surface area contributed by atoms with Crippen LogP contribution in [0.2, 0.25) is 0 Å². The van der Waals surface area contributed by atoms with Crippen molar-refractivity contribution in [3.8, 4) is 16.8 Å². The van der Waals surface area contributed by atoms with Gasteiger partial charge in [-0.2, -0.15) is 0 Å². The Bertz CT molecular complexity index is 2460. The molecule has 0 saturated heterocycles. The van der Waals surface area contributed by atoms with Crippen LogP contribution in [0, 0.1) is 0 Å². The molecule has 3 nitrogen and oxygen atoms in total. The highest BCUT2D eigenvalue weighted by atomic mass is 16.3. The molecular weight excluding hydrogens is 524 g/mol. The molecule has 1 aliphatic rings. The Kier molecular flexibility index (Phi) is 4.91. The molecule has 0 radical (unpaired) electrons. The molecule has 0 bridgehead atoms. The van der Waals surface area contributed by atoms with Crippen molar-refractivity contribution in [2.24, 2.45) is 0 Å². The molecule has 0 saturated carbocycles. The average Bonchev–Trinajstić information content (AvgIpc) is 3.62. The number of allylic oxidation sites excluding steroid dienone is 2. The molecule has 0 N–H and O–H groups in total. The van der Waals surface area contributed by atoms with E-state index in [1.165, 1.54) is 21.8 Å². The van der Waals surface area contributed by atoms with E-state index in [0.717, 1.165) is 67.0 Å². The first-order chi connectivity index (χ1) is 21.2. The second-order valence-corrected chi connectivity index (χ2v) is 11.1. The number of benzene rings is 6. The summed E-state index contributed by atoms with van der Waals surface area (Å²) in [5.74, 6) is 0. The van der Waals surface area contributed by atoms with Crippen LogP contribution in [0.5, 0.6) is 0 Å². The van der Waals surface area contributed by atoms with E-state index in [0.29, 0.717) is 0 Å². The summed E-state index contributed by atoms with van der Waals surface area (Å²) < 4.78 is 9.02. The Hall–Kier alpha value is -5.80. The Labute approximate surface area is 248 Å². The molecule has 0 spiro atoms. The number of rotatable bonds is 4. The van der Waals surface area contributed by atoms with Crippen LogP contribution in [0.3, 0.4) is 0 Å². The average molecular weight is 551 g/mol. The number of anilines is 3. The van der Waals surface area contributed by atoms with Gasteiger partial charge in [-0.05, 0) is 70.8 Å². The zero-order valence-electron chi connectivity index (χ0n) is 23.4. The first-order valence-corrected chi connectivity index (χ1v) is 14.5. The second kappa shape index (κ2) is 8.85. The molecule has 1 aliphatic heterocycles. The monoisotopic (exact) mass is 550 g/mol. The van der Waals surface area contributed by atoms with Crippen LogP contribution in [-0.4, -0.2) is 4.57 Å². The summed E-state index contributed by atoms with van der Waals surface area (Å²) in [4.78, 5) is 2.39. The van der Waals surface area contributed by atoms with E-state index < -0.39 is 0 Å². The zero-order chi connectivity index (χ0) is 28.7. The molecule has 0 aliphatic carbocycles. The van der Waals surface area contributed by atoms with Gasteiger partial charge in [0, 0.05) is 21.5 Å². The predicted molar refractivity (Wildman–Crippen MR) is 181 cm³/mol. The predicted octanol–water partition coefficient (Wildman–Crippen LogP) is 11.3. The standard InChI is InChI=1S/C40H26N2O/c1-3-25(2)26-12-10-13-27(22-26)28-23-32-29-14-4-6-17-33(29)42-35-19-8-7-18-34(35)41(37(24-28)39(32)42)36-20-11-16-31-30-15-5-9-21-38(30)43-40(31)36/h3-24H,1-2H2. The first-order valence-electron chi connectivity index (χ1n) is 14.5.